The molecule has 1 N–H and O–H groups in total. The maximum absolute atomic E-state index is 12.6. The van der Waals surface area contributed by atoms with Crippen LogP contribution < -0.4 is 10.2 Å². The van der Waals surface area contributed by atoms with Gasteiger partial charge in [0.15, 0.2) is 0 Å². The Hall–Kier alpha value is -2.63. The number of urea groups is 1. The summed E-state index contributed by atoms with van der Waals surface area (Å²) in [6.07, 6.45) is 5.80. The molecule has 0 radical (unpaired) electrons. The number of benzene rings is 1. The van der Waals surface area contributed by atoms with Crippen molar-refractivity contribution in [2.24, 2.45) is 0 Å². The normalized spacial score (nSPS) is 18.5. The van der Waals surface area contributed by atoms with Gasteiger partial charge in [-0.05, 0) is 31.4 Å². The molecule has 136 valence electrons. The summed E-state index contributed by atoms with van der Waals surface area (Å²) in [4.78, 5) is 25.2. The van der Waals surface area contributed by atoms with Gasteiger partial charge in [0.05, 0.1) is 0 Å². The lowest BCUT2D eigenvalue weighted by atomic mass is 9.95. The first kappa shape index (κ1) is 16.8. The number of carbonyl (C=O) groups is 1. The van der Waals surface area contributed by atoms with Gasteiger partial charge in [0.1, 0.15) is 0 Å². The lowest BCUT2D eigenvalue weighted by molar-refractivity contribution is 0.193. The Kier molecular flexibility index (Phi) is 4.49. The Balaban J connectivity index is 1.29. The third-order valence-electron chi connectivity index (χ3n) is 5.50. The van der Waals surface area contributed by atoms with Crippen LogP contribution in [0.5, 0.6) is 0 Å². The fraction of sp³-hybridized carbons (Fsp3) is 0.450. The van der Waals surface area contributed by atoms with Crippen LogP contribution in [0.1, 0.15) is 24.0 Å². The van der Waals surface area contributed by atoms with E-state index in [0.29, 0.717) is 13.1 Å². The molecule has 1 aliphatic heterocycles. The Labute approximate surface area is 154 Å². The number of carbonyl (C=O) groups excluding carboxylic acids is 1. The Morgan fingerprint density at radius 3 is 2.35 bits per heavy atom. The summed E-state index contributed by atoms with van der Waals surface area (Å²) >= 11 is 0. The Bertz CT molecular complexity index is 750. The molecule has 2 amide bonds. The van der Waals surface area contributed by atoms with Crippen LogP contribution in [-0.4, -0.2) is 53.6 Å². The fourth-order valence-electron chi connectivity index (χ4n) is 3.55. The number of nitrogens with zero attached hydrogens (tertiary/aromatic N) is 4. The second-order valence-electron chi connectivity index (χ2n) is 7.33. The van der Waals surface area contributed by atoms with Crippen LogP contribution in [-0.2, 0) is 5.41 Å². The molecule has 1 aromatic heterocycles. The molecule has 1 saturated heterocycles. The standard InChI is InChI=1S/C20H25N5O/c1-16-3-5-17(6-4-16)20(7-8-20)15-23-19(26)25-13-11-24(12-14-25)18-21-9-2-10-22-18/h2-6,9-10H,7-8,11-15H2,1H3,(H,23,26). The summed E-state index contributed by atoms with van der Waals surface area (Å²) in [6.45, 7) is 5.74. The first-order chi connectivity index (χ1) is 12.7. The second kappa shape index (κ2) is 6.94. The van der Waals surface area contributed by atoms with Crippen molar-refractivity contribution in [3.05, 3.63) is 53.9 Å². The van der Waals surface area contributed by atoms with Crippen LogP contribution in [0.15, 0.2) is 42.7 Å². The second-order valence-corrected chi connectivity index (χ2v) is 7.33. The van der Waals surface area contributed by atoms with Gasteiger partial charge >= 0.3 is 6.03 Å². The van der Waals surface area contributed by atoms with E-state index in [4.69, 9.17) is 0 Å². The van der Waals surface area contributed by atoms with Crippen LogP contribution in [0.4, 0.5) is 10.7 Å². The molecule has 0 unspecified atom stereocenters. The van der Waals surface area contributed by atoms with Crippen molar-refractivity contribution in [2.75, 3.05) is 37.6 Å². The van der Waals surface area contributed by atoms with Crippen LogP contribution in [0.3, 0.4) is 0 Å². The summed E-state index contributed by atoms with van der Waals surface area (Å²) in [6, 6.07) is 10.6. The predicted octanol–water partition coefficient (Wildman–Crippen LogP) is 2.35. The van der Waals surface area contributed by atoms with Crippen molar-refractivity contribution in [1.82, 2.24) is 20.2 Å². The van der Waals surface area contributed by atoms with E-state index in [1.807, 2.05) is 11.0 Å². The van der Waals surface area contributed by atoms with Gasteiger partial charge in [-0.25, -0.2) is 14.8 Å². The van der Waals surface area contributed by atoms with E-state index in [9.17, 15) is 4.79 Å². The maximum Gasteiger partial charge on any atom is 0.317 e. The molecular weight excluding hydrogens is 326 g/mol. The summed E-state index contributed by atoms with van der Waals surface area (Å²) < 4.78 is 0. The third kappa shape index (κ3) is 3.49. The minimum Gasteiger partial charge on any atom is -0.337 e. The van der Waals surface area contributed by atoms with Crippen molar-refractivity contribution >= 4 is 12.0 Å². The molecule has 1 aliphatic carbocycles. The zero-order valence-electron chi connectivity index (χ0n) is 15.2. The van der Waals surface area contributed by atoms with Crippen molar-refractivity contribution in [3.63, 3.8) is 0 Å². The first-order valence-electron chi connectivity index (χ1n) is 9.28. The monoisotopic (exact) mass is 351 g/mol. The molecule has 6 heteroatoms. The molecule has 2 heterocycles. The fourth-order valence-corrected chi connectivity index (χ4v) is 3.55. The highest BCUT2D eigenvalue weighted by molar-refractivity contribution is 5.74. The van der Waals surface area contributed by atoms with Crippen LogP contribution in [0.2, 0.25) is 0 Å². The van der Waals surface area contributed by atoms with Gasteiger partial charge in [-0.2, -0.15) is 0 Å². The van der Waals surface area contributed by atoms with Crippen molar-refractivity contribution in [2.45, 2.75) is 25.2 Å². The maximum atomic E-state index is 12.6. The van der Waals surface area contributed by atoms with Crippen LogP contribution in [0.25, 0.3) is 0 Å². The van der Waals surface area contributed by atoms with Gasteiger partial charge in [-0.1, -0.05) is 29.8 Å². The third-order valence-corrected chi connectivity index (χ3v) is 5.50. The average Bonchev–Trinajstić information content (AvgIpc) is 3.49. The summed E-state index contributed by atoms with van der Waals surface area (Å²) in [7, 11) is 0. The molecule has 2 fully saturated rings. The van der Waals surface area contributed by atoms with Gasteiger partial charge in [-0.15, -0.1) is 0 Å². The van der Waals surface area contributed by atoms with Gasteiger partial charge in [0.2, 0.25) is 5.95 Å². The molecule has 0 spiro atoms. The Morgan fingerprint density at radius 1 is 1.08 bits per heavy atom. The molecule has 1 saturated carbocycles. The Morgan fingerprint density at radius 2 is 1.73 bits per heavy atom. The molecule has 1 aromatic carbocycles. The molecule has 26 heavy (non-hydrogen) atoms. The lowest BCUT2D eigenvalue weighted by Gasteiger charge is -2.35. The molecular formula is C20H25N5O. The molecule has 0 atom stereocenters. The number of rotatable bonds is 4. The molecule has 0 bridgehead atoms. The average molecular weight is 351 g/mol. The van der Waals surface area contributed by atoms with E-state index < -0.39 is 0 Å². The van der Waals surface area contributed by atoms with E-state index in [0.717, 1.165) is 38.4 Å². The number of hydrogen-bond acceptors (Lipinski definition) is 4. The predicted molar refractivity (Wildman–Crippen MR) is 101 cm³/mol. The van der Waals surface area contributed by atoms with Gasteiger partial charge in [0, 0.05) is 50.5 Å². The topological polar surface area (TPSA) is 61.4 Å². The van der Waals surface area contributed by atoms with Gasteiger partial charge in [0.25, 0.3) is 0 Å². The van der Waals surface area contributed by atoms with E-state index in [-0.39, 0.29) is 11.4 Å². The zero-order valence-corrected chi connectivity index (χ0v) is 15.2. The van der Waals surface area contributed by atoms with Crippen molar-refractivity contribution < 1.29 is 4.79 Å². The smallest absolute Gasteiger partial charge is 0.317 e. The van der Waals surface area contributed by atoms with Crippen LogP contribution in [0, 0.1) is 6.92 Å². The largest absolute Gasteiger partial charge is 0.337 e. The molecule has 2 aliphatic rings. The summed E-state index contributed by atoms with van der Waals surface area (Å²) in [5, 5.41) is 3.16. The van der Waals surface area contributed by atoms with Gasteiger partial charge in [-0.3, -0.25) is 0 Å². The zero-order chi connectivity index (χ0) is 18.0. The highest BCUT2D eigenvalue weighted by Gasteiger charge is 2.44. The summed E-state index contributed by atoms with van der Waals surface area (Å²) in [5.41, 5.74) is 2.76. The quantitative estimate of drug-likeness (QED) is 0.918. The molecule has 2 aromatic rings. The van der Waals surface area contributed by atoms with E-state index in [1.54, 1.807) is 12.4 Å². The minimum absolute atomic E-state index is 0.0389. The molecule has 6 nitrogen and oxygen atoms in total. The number of amides is 2. The number of piperazine rings is 1. The minimum atomic E-state index is 0.0389. The highest BCUT2D eigenvalue weighted by atomic mass is 16.2. The number of hydrogen-bond donors (Lipinski definition) is 1. The molecule has 4 rings (SSSR count). The SMILES string of the molecule is Cc1ccc(C2(CNC(=O)N3CCN(c4ncccn4)CC3)CC2)cc1. The van der Waals surface area contributed by atoms with Crippen molar-refractivity contribution in [1.29, 1.82) is 0 Å². The summed E-state index contributed by atoms with van der Waals surface area (Å²) in [5.74, 6) is 0.740. The van der Waals surface area contributed by atoms with E-state index in [2.05, 4.69) is 51.4 Å². The number of nitrogens with one attached hydrogen (secondary N) is 1. The number of aryl methyl sites for hydroxylation is 1. The number of aromatic nitrogens is 2. The van der Waals surface area contributed by atoms with Crippen molar-refractivity contribution in [3.8, 4) is 0 Å². The van der Waals surface area contributed by atoms with Gasteiger partial charge < -0.3 is 15.1 Å². The highest BCUT2D eigenvalue weighted by Crippen LogP contribution is 2.47. The first-order valence-corrected chi connectivity index (χ1v) is 9.28. The number of anilines is 1. The lowest BCUT2D eigenvalue weighted by Crippen LogP contribution is -2.53. The van der Waals surface area contributed by atoms with E-state index in [1.165, 1.54) is 11.1 Å². The van der Waals surface area contributed by atoms with E-state index >= 15 is 0 Å². The van der Waals surface area contributed by atoms with Crippen LogP contribution >= 0.6 is 0 Å².